The molecule has 2 fully saturated rings. The summed E-state index contributed by atoms with van der Waals surface area (Å²) in [6, 6.07) is 17.6. The van der Waals surface area contributed by atoms with E-state index in [1.165, 1.54) is 16.7 Å². The molecule has 0 aliphatic carbocycles. The number of hydrogen-bond acceptors (Lipinski definition) is 3. The summed E-state index contributed by atoms with van der Waals surface area (Å²) in [5.41, 5.74) is 3.99. The van der Waals surface area contributed by atoms with Crippen LogP contribution in [0.15, 0.2) is 48.5 Å². The first-order valence-electron chi connectivity index (χ1n) is 10.2. The quantitative estimate of drug-likeness (QED) is 0.810. The summed E-state index contributed by atoms with van der Waals surface area (Å²) in [5, 5.41) is 0. The van der Waals surface area contributed by atoms with Crippen LogP contribution in [0.1, 0.15) is 36.0 Å². The minimum atomic E-state index is 0.216. The molecule has 2 aliphatic heterocycles. The Balaban J connectivity index is 1.53. The Morgan fingerprint density at radius 1 is 1.14 bits per heavy atom. The van der Waals surface area contributed by atoms with Crippen molar-refractivity contribution in [2.24, 2.45) is 5.92 Å². The molecule has 148 valence electrons. The van der Waals surface area contributed by atoms with Gasteiger partial charge in [0.25, 0.3) is 0 Å². The second-order valence-corrected chi connectivity index (χ2v) is 8.30. The molecule has 2 saturated heterocycles. The lowest BCUT2D eigenvalue weighted by Gasteiger charge is -2.39. The van der Waals surface area contributed by atoms with E-state index in [4.69, 9.17) is 4.74 Å². The molecule has 2 aliphatic rings. The number of nitrogens with zero attached hydrogens (tertiary/aromatic N) is 2. The van der Waals surface area contributed by atoms with Crippen molar-refractivity contribution in [3.8, 4) is 5.75 Å². The molecule has 2 aromatic rings. The normalized spacial score (nSPS) is 24.8. The molecule has 0 bridgehead atoms. The first-order chi connectivity index (χ1) is 13.5. The van der Waals surface area contributed by atoms with E-state index in [1.807, 2.05) is 12.1 Å². The summed E-state index contributed by atoms with van der Waals surface area (Å²) < 4.78 is 5.27. The third kappa shape index (κ3) is 3.79. The molecule has 0 spiro atoms. The number of amides is 1. The Bertz CT molecular complexity index is 833. The number of likely N-dealkylation sites (tertiary alicyclic amines) is 2. The largest absolute Gasteiger partial charge is 0.497 e. The Kier molecular flexibility index (Phi) is 5.40. The van der Waals surface area contributed by atoms with E-state index in [0.29, 0.717) is 17.9 Å². The van der Waals surface area contributed by atoms with Crippen LogP contribution in [0.2, 0.25) is 0 Å². The van der Waals surface area contributed by atoms with Gasteiger partial charge >= 0.3 is 0 Å². The zero-order valence-electron chi connectivity index (χ0n) is 17.1. The SMILES string of the molecule is COc1ccc(CN2CC[C@H]3[C@@H](C2)[C@H](c2cccc(C)c2)CN3C(C)=O)cc1. The van der Waals surface area contributed by atoms with E-state index in [9.17, 15) is 4.79 Å². The van der Waals surface area contributed by atoms with Gasteiger partial charge in [0.05, 0.1) is 7.11 Å². The van der Waals surface area contributed by atoms with Gasteiger partial charge in [0.2, 0.25) is 5.91 Å². The maximum atomic E-state index is 12.3. The highest BCUT2D eigenvalue weighted by Crippen LogP contribution is 2.42. The summed E-state index contributed by atoms with van der Waals surface area (Å²) in [5.74, 6) is 2.04. The van der Waals surface area contributed by atoms with E-state index >= 15 is 0 Å². The lowest BCUT2D eigenvalue weighted by molar-refractivity contribution is -0.130. The molecular formula is C24H30N2O2. The molecule has 0 saturated carbocycles. The molecule has 28 heavy (non-hydrogen) atoms. The molecule has 0 unspecified atom stereocenters. The van der Waals surface area contributed by atoms with Crippen LogP contribution in [0, 0.1) is 12.8 Å². The number of benzene rings is 2. The summed E-state index contributed by atoms with van der Waals surface area (Å²) in [6.07, 6.45) is 1.06. The average molecular weight is 379 g/mol. The van der Waals surface area contributed by atoms with Crippen LogP contribution in [0.25, 0.3) is 0 Å². The summed E-state index contributed by atoms with van der Waals surface area (Å²) >= 11 is 0. The zero-order valence-corrected chi connectivity index (χ0v) is 17.1. The minimum absolute atomic E-state index is 0.216. The van der Waals surface area contributed by atoms with E-state index < -0.39 is 0 Å². The number of piperidine rings is 1. The maximum absolute atomic E-state index is 12.3. The van der Waals surface area contributed by atoms with Crippen LogP contribution in [0.4, 0.5) is 0 Å². The number of hydrogen-bond donors (Lipinski definition) is 0. The van der Waals surface area contributed by atoms with Gasteiger partial charge in [-0.05, 0) is 36.6 Å². The monoisotopic (exact) mass is 378 g/mol. The van der Waals surface area contributed by atoms with Crippen LogP contribution in [0.3, 0.4) is 0 Å². The van der Waals surface area contributed by atoms with Crippen molar-refractivity contribution in [3.05, 3.63) is 65.2 Å². The standard InChI is InChI=1S/C24H30N2O2/c1-17-5-4-6-20(13-17)22-16-26(18(2)27)24-11-12-25(15-23(22)24)14-19-7-9-21(28-3)10-8-19/h4-10,13,22-24H,11-12,14-16H2,1-3H3/t22-,23-,24-/m0/s1. The number of methoxy groups -OCH3 is 1. The number of ether oxygens (including phenoxy) is 1. The first-order valence-corrected chi connectivity index (χ1v) is 10.2. The van der Waals surface area contributed by atoms with E-state index in [2.05, 4.69) is 53.1 Å². The molecule has 0 aromatic heterocycles. The summed E-state index contributed by atoms with van der Waals surface area (Å²) in [6.45, 7) is 7.75. The Morgan fingerprint density at radius 2 is 1.93 bits per heavy atom. The highest BCUT2D eigenvalue weighted by atomic mass is 16.5. The summed E-state index contributed by atoms with van der Waals surface area (Å²) in [7, 11) is 1.70. The third-order valence-corrected chi connectivity index (χ3v) is 6.45. The fraction of sp³-hybridized carbons (Fsp3) is 0.458. The topological polar surface area (TPSA) is 32.8 Å². The van der Waals surface area contributed by atoms with Gasteiger partial charge in [0.15, 0.2) is 0 Å². The second-order valence-electron chi connectivity index (χ2n) is 8.30. The average Bonchev–Trinajstić information content (AvgIpc) is 3.08. The Hall–Kier alpha value is -2.33. The molecule has 3 atom stereocenters. The molecule has 2 heterocycles. The predicted molar refractivity (Wildman–Crippen MR) is 111 cm³/mol. The van der Waals surface area contributed by atoms with Crippen molar-refractivity contribution in [1.29, 1.82) is 0 Å². The van der Waals surface area contributed by atoms with Gasteiger partial charge in [0.1, 0.15) is 5.75 Å². The van der Waals surface area contributed by atoms with Crippen molar-refractivity contribution in [3.63, 3.8) is 0 Å². The van der Waals surface area contributed by atoms with Gasteiger partial charge in [-0.15, -0.1) is 0 Å². The van der Waals surface area contributed by atoms with Crippen LogP contribution >= 0.6 is 0 Å². The third-order valence-electron chi connectivity index (χ3n) is 6.45. The molecule has 0 N–H and O–H groups in total. The van der Waals surface area contributed by atoms with Gasteiger partial charge in [-0.2, -0.15) is 0 Å². The van der Waals surface area contributed by atoms with Crippen LogP contribution in [0.5, 0.6) is 5.75 Å². The summed E-state index contributed by atoms with van der Waals surface area (Å²) in [4.78, 5) is 17.0. The molecule has 4 heteroatoms. The molecule has 4 nitrogen and oxygen atoms in total. The van der Waals surface area contributed by atoms with Gasteiger partial charge < -0.3 is 9.64 Å². The first kappa shape index (κ1) is 19.0. The molecule has 4 rings (SSSR count). The van der Waals surface area contributed by atoms with Crippen LogP contribution < -0.4 is 4.74 Å². The number of carbonyl (C=O) groups excluding carboxylic acids is 1. The Labute approximate surface area is 168 Å². The molecule has 1 amide bonds. The number of aryl methyl sites for hydroxylation is 1. The van der Waals surface area contributed by atoms with Gasteiger partial charge in [0, 0.05) is 51.0 Å². The van der Waals surface area contributed by atoms with E-state index in [1.54, 1.807) is 14.0 Å². The van der Waals surface area contributed by atoms with Crippen molar-refractivity contribution < 1.29 is 9.53 Å². The minimum Gasteiger partial charge on any atom is -0.497 e. The van der Waals surface area contributed by atoms with Crippen molar-refractivity contribution in [2.75, 3.05) is 26.7 Å². The predicted octanol–water partition coefficient (Wildman–Crippen LogP) is 3.84. The fourth-order valence-corrected chi connectivity index (χ4v) is 5.05. The molecule has 2 aromatic carbocycles. The van der Waals surface area contributed by atoms with Crippen molar-refractivity contribution in [1.82, 2.24) is 9.80 Å². The lowest BCUT2D eigenvalue weighted by atomic mass is 9.81. The van der Waals surface area contributed by atoms with Gasteiger partial charge in [-0.1, -0.05) is 42.0 Å². The van der Waals surface area contributed by atoms with Gasteiger partial charge in [-0.3, -0.25) is 9.69 Å². The number of rotatable bonds is 4. The molecular weight excluding hydrogens is 348 g/mol. The lowest BCUT2D eigenvalue weighted by Crippen LogP contribution is -2.47. The number of carbonyl (C=O) groups is 1. The van der Waals surface area contributed by atoms with Gasteiger partial charge in [-0.25, -0.2) is 0 Å². The highest BCUT2D eigenvalue weighted by Gasteiger charge is 2.46. The van der Waals surface area contributed by atoms with Crippen molar-refractivity contribution in [2.45, 2.75) is 38.8 Å². The smallest absolute Gasteiger partial charge is 0.219 e. The number of fused-ring (bicyclic) bond motifs is 1. The highest BCUT2D eigenvalue weighted by molar-refractivity contribution is 5.74. The fourth-order valence-electron chi connectivity index (χ4n) is 5.05. The van der Waals surface area contributed by atoms with E-state index in [-0.39, 0.29) is 5.91 Å². The van der Waals surface area contributed by atoms with Crippen molar-refractivity contribution >= 4 is 5.91 Å². The van der Waals surface area contributed by atoms with E-state index in [0.717, 1.165) is 38.3 Å². The maximum Gasteiger partial charge on any atom is 0.219 e. The Morgan fingerprint density at radius 3 is 2.61 bits per heavy atom. The zero-order chi connectivity index (χ0) is 19.7. The van der Waals surface area contributed by atoms with Crippen LogP contribution in [-0.4, -0.2) is 48.5 Å². The second kappa shape index (κ2) is 7.96. The molecule has 0 radical (unpaired) electrons. The van der Waals surface area contributed by atoms with Crippen LogP contribution in [-0.2, 0) is 11.3 Å².